The summed E-state index contributed by atoms with van der Waals surface area (Å²) in [4.78, 5) is 24.8. The van der Waals surface area contributed by atoms with E-state index in [1.54, 1.807) is 19.2 Å². The zero-order valence-electron chi connectivity index (χ0n) is 12.0. The predicted octanol–water partition coefficient (Wildman–Crippen LogP) is 1.44. The highest BCUT2D eigenvalue weighted by atomic mass is 16.4. The van der Waals surface area contributed by atoms with Crippen molar-refractivity contribution in [3.63, 3.8) is 0 Å². The molecule has 1 aliphatic carbocycles. The van der Waals surface area contributed by atoms with Gasteiger partial charge in [0.2, 0.25) is 0 Å². The van der Waals surface area contributed by atoms with E-state index in [9.17, 15) is 19.8 Å². The molecule has 0 unspecified atom stereocenters. The lowest BCUT2D eigenvalue weighted by atomic mass is 10.1. The summed E-state index contributed by atoms with van der Waals surface area (Å²) in [6.07, 6.45) is 2.44. The number of carbonyl (C=O) groups is 2. The Hall–Kier alpha value is -2.24. The van der Waals surface area contributed by atoms with E-state index in [-0.39, 0.29) is 18.2 Å². The third kappa shape index (κ3) is 4.66. The van der Waals surface area contributed by atoms with Gasteiger partial charge in [0.1, 0.15) is 11.8 Å². The minimum absolute atomic E-state index is 0.124. The number of phenolic OH excluding ortho intramolecular Hbond substituents is 1. The van der Waals surface area contributed by atoms with Crippen LogP contribution in [0.15, 0.2) is 24.3 Å². The number of aliphatic carboxylic acids is 1. The van der Waals surface area contributed by atoms with Crippen molar-refractivity contribution < 1.29 is 19.8 Å². The van der Waals surface area contributed by atoms with Gasteiger partial charge in [-0.2, -0.15) is 0 Å². The number of hydrogen-bond acceptors (Lipinski definition) is 3. The molecule has 1 aliphatic rings. The number of benzene rings is 1. The second-order valence-corrected chi connectivity index (χ2v) is 5.53. The number of carboxylic acids is 1. The topological polar surface area (TPSA) is 89.9 Å². The minimum atomic E-state index is -1.07. The monoisotopic (exact) mass is 292 g/mol. The summed E-state index contributed by atoms with van der Waals surface area (Å²) in [5, 5.41) is 21.0. The smallest absolute Gasteiger partial charge is 0.326 e. The lowest BCUT2D eigenvalue weighted by Crippen LogP contribution is -2.48. The number of nitrogens with one attached hydrogen (secondary N) is 1. The molecule has 0 spiro atoms. The molecule has 2 amide bonds. The summed E-state index contributed by atoms with van der Waals surface area (Å²) >= 11 is 0. The van der Waals surface area contributed by atoms with Crippen LogP contribution in [0.4, 0.5) is 4.79 Å². The highest BCUT2D eigenvalue weighted by molar-refractivity contribution is 5.82. The Kier molecular flexibility index (Phi) is 4.67. The van der Waals surface area contributed by atoms with Gasteiger partial charge < -0.3 is 20.4 Å². The Morgan fingerprint density at radius 3 is 2.48 bits per heavy atom. The van der Waals surface area contributed by atoms with Crippen LogP contribution in [0.1, 0.15) is 18.4 Å². The maximum Gasteiger partial charge on any atom is 0.326 e. The van der Waals surface area contributed by atoms with Gasteiger partial charge in [0.25, 0.3) is 0 Å². The standard InChI is InChI=1S/C15H20N2O4/c1-17(9-11-2-3-11)15(21)16-13(14(19)20)8-10-4-6-12(18)7-5-10/h4-7,11,13,18H,2-3,8-9H2,1H3,(H,16,21)(H,19,20)/t13-/m0/s1. The number of carbonyl (C=O) groups excluding carboxylic acids is 1. The zero-order chi connectivity index (χ0) is 15.4. The first-order valence-electron chi connectivity index (χ1n) is 6.98. The summed E-state index contributed by atoms with van der Waals surface area (Å²) in [6, 6.07) is 4.93. The molecule has 1 saturated carbocycles. The number of amides is 2. The molecule has 114 valence electrons. The molecule has 6 nitrogen and oxygen atoms in total. The van der Waals surface area contributed by atoms with Crippen LogP contribution in [0, 0.1) is 5.92 Å². The Bertz CT molecular complexity index is 511. The molecule has 2 rings (SSSR count). The molecule has 0 heterocycles. The Morgan fingerprint density at radius 2 is 1.95 bits per heavy atom. The third-order valence-electron chi connectivity index (χ3n) is 3.55. The summed E-state index contributed by atoms with van der Waals surface area (Å²) in [5.41, 5.74) is 0.741. The van der Waals surface area contributed by atoms with E-state index in [1.807, 2.05) is 0 Å². The molecule has 1 aromatic carbocycles. The maximum absolute atomic E-state index is 12.0. The quantitative estimate of drug-likeness (QED) is 0.740. The zero-order valence-corrected chi connectivity index (χ0v) is 12.0. The van der Waals surface area contributed by atoms with Gasteiger partial charge in [-0.05, 0) is 36.5 Å². The number of phenols is 1. The van der Waals surface area contributed by atoms with Gasteiger partial charge in [-0.3, -0.25) is 0 Å². The molecule has 0 aliphatic heterocycles. The van der Waals surface area contributed by atoms with Crippen molar-refractivity contribution in [2.45, 2.75) is 25.3 Å². The maximum atomic E-state index is 12.0. The number of urea groups is 1. The molecule has 21 heavy (non-hydrogen) atoms. The molecular weight excluding hydrogens is 272 g/mol. The van der Waals surface area contributed by atoms with Crippen molar-refractivity contribution in [3.05, 3.63) is 29.8 Å². The van der Waals surface area contributed by atoms with Crippen LogP contribution in [-0.4, -0.2) is 46.7 Å². The minimum Gasteiger partial charge on any atom is -0.508 e. The number of carboxylic acid groups (broad SMARTS) is 1. The third-order valence-corrected chi connectivity index (χ3v) is 3.55. The first kappa shape index (κ1) is 15.2. The van der Waals surface area contributed by atoms with Crippen molar-refractivity contribution in [1.29, 1.82) is 0 Å². The Labute approximate surface area is 123 Å². The second-order valence-electron chi connectivity index (χ2n) is 5.53. The van der Waals surface area contributed by atoms with Gasteiger partial charge in [0.05, 0.1) is 0 Å². The first-order valence-corrected chi connectivity index (χ1v) is 6.98. The first-order chi connectivity index (χ1) is 9.95. The van der Waals surface area contributed by atoms with Crippen molar-refractivity contribution in [3.8, 4) is 5.75 Å². The van der Waals surface area contributed by atoms with Crippen molar-refractivity contribution in [2.24, 2.45) is 5.92 Å². The predicted molar refractivity (Wildman–Crippen MR) is 77.1 cm³/mol. The second kappa shape index (κ2) is 6.47. The van der Waals surface area contributed by atoms with E-state index in [4.69, 9.17) is 0 Å². The van der Waals surface area contributed by atoms with Gasteiger partial charge >= 0.3 is 12.0 Å². The lowest BCUT2D eigenvalue weighted by molar-refractivity contribution is -0.139. The van der Waals surface area contributed by atoms with Gasteiger partial charge in [0, 0.05) is 20.0 Å². The fourth-order valence-corrected chi connectivity index (χ4v) is 2.10. The molecule has 0 radical (unpaired) electrons. The van der Waals surface area contributed by atoms with Gasteiger partial charge in [-0.25, -0.2) is 9.59 Å². The van der Waals surface area contributed by atoms with Crippen LogP contribution < -0.4 is 5.32 Å². The van der Waals surface area contributed by atoms with E-state index in [0.29, 0.717) is 12.5 Å². The van der Waals surface area contributed by atoms with E-state index in [1.165, 1.54) is 17.0 Å². The van der Waals surface area contributed by atoms with E-state index in [0.717, 1.165) is 18.4 Å². The van der Waals surface area contributed by atoms with E-state index >= 15 is 0 Å². The Balaban J connectivity index is 1.93. The van der Waals surface area contributed by atoms with Gasteiger partial charge in [-0.1, -0.05) is 12.1 Å². The number of rotatable bonds is 6. The van der Waals surface area contributed by atoms with Crippen LogP contribution in [0.2, 0.25) is 0 Å². The van der Waals surface area contributed by atoms with Gasteiger partial charge in [0.15, 0.2) is 0 Å². The summed E-state index contributed by atoms with van der Waals surface area (Å²) < 4.78 is 0. The number of aromatic hydroxyl groups is 1. The van der Waals surface area contributed by atoms with Crippen LogP contribution in [0.25, 0.3) is 0 Å². The summed E-state index contributed by atoms with van der Waals surface area (Å²) in [5.74, 6) is -0.392. The van der Waals surface area contributed by atoms with Crippen molar-refractivity contribution in [1.82, 2.24) is 10.2 Å². The molecule has 0 bridgehead atoms. The highest BCUT2D eigenvalue weighted by Crippen LogP contribution is 2.29. The molecule has 1 aromatic rings. The van der Waals surface area contributed by atoms with E-state index < -0.39 is 12.0 Å². The van der Waals surface area contributed by atoms with Crippen LogP contribution in [-0.2, 0) is 11.2 Å². The van der Waals surface area contributed by atoms with Crippen LogP contribution in [0.5, 0.6) is 5.75 Å². The molecule has 0 saturated heterocycles. The summed E-state index contributed by atoms with van der Waals surface area (Å²) in [7, 11) is 1.67. The fourth-order valence-electron chi connectivity index (χ4n) is 2.10. The van der Waals surface area contributed by atoms with Crippen molar-refractivity contribution >= 4 is 12.0 Å². The SMILES string of the molecule is CN(CC1CC1)C(=O)N[C@@H](Cc1ccc(O)cc1)C(=O)O. The van der Waals surface area contributed by atoms with Gasteiger partial charge in [-0.15, -0.1) is 0 Å². The average molecular weight is 292 g/mol. The Morgan fingerprint density at radius 1 is 1.33 bits per heavy atom. The van der Waals surface area contributed by atoms with Crippen molar-refractivity contribution in [2.75, 3.05) is 13.6 Å². The largest absolute Gasteiger partial charge is 0.508 e. The number of nitrogens with zero attached hydrogens (tertiary/aromatic N) is 1. The normalized spacial score (nSPS) is 15.3. The highest BCUT2D eigenvalue weighted by Gasteiger charge is 2.27. The lowest BCUT2D eigenvalue weighted by Gasteiger charge is -2.21. The average Bonchev–Trinajstić information content (AvgIpc) is 3.24. The molecule has 6 heteroatoms. The number of hydrogen-bond donors (Lipinski definition) is 3. The van der Waals surface area contributed by atoms with Crippen LogP contribution >= 0.6 is 0 Å². The molecule has 3 N–H and O–H groups in total. The van der Waals surface area contributed by atoms with Crippen LogP contribution in [0.3, 0.4) is 0 Å². The fraction of sp³-hybridized carbons (Fsp3) is 0.467. The molecule has 0 aromatic heterocycles. The molecule has 1 atom stereocenters. The molecule has 1 fully saturated rings. The summed E-state index contributed by atoms with van der Waals surface area (Å²) in [6.45, 7) is 0.664. The van der Waals surface area contributed by atoms with E-state index in [2.05, 4.69) is 5.32 Å². The molecular formula is C15H20N2O4.